The van der Waals surface area contributed by atoms with E-state index >= 15 is 0 Å². The molecule has 0 bridgehead atoms. The van der Waals surface area contributed by atoms with Gasteiger partial charge in [-0.2, -0.15) is 0 Å². The van der Waals surface area contributed by atoms with Gasteiger partial charge in [-0.1, -0.05) is 18.6 Å². The van der Waals surface area contributed by atoms with Crippen LogP contribution < -0.4 is 10.6 Å². The van der Waals surface area contributed by atoms with Gasteiger partial charge >= 0.3 is 5.97 Å². The largest absolute Gasteiger partial charge is 0.478 e. The molecule has 1 aliphatic carbocycles. The molecular formula is C16H20N2O3. The summed E-state index contributed by atoms with van der Waals surface area (Å²) in [5.41, 5.74) is 1.06. The molecule has 3 atom stereocenters. The van der Waals surface area contributed by atoms with Crippen molar-refractivity contribution in [2.75, 3.05) is 6.54 Å². The van der Waals surface area contributed by atoms with Gasteiger partial charge in [0, 0.05) is 6.54 Å². The molecule has 2 aliphatic rings. The highest BCUT2D eigenvalue weighted by Gasteiger charge is 2.42. The SMILES string of the molecule is O=C(O)c1cccc(CNC(=O)C2NCC3CCCC32)c1. The second-order valence-electron chi connectivity index (χ2n) is 5.96. The molecule has 3 N–H and O–H groups in total. The number of carbonyl (C=O) groups excluding carboxylic acids is 1. The van der Waals surface area contributed by atoms with Gasteiger partial charge in [0.1, 0.15) is 0 Å². The van der Waals surface area contributed by atoms with Crippen molar-refractivity contribution in [3.63, 3.8) is 0 Å². The number of carboxylic acids is 1. The van der Waals surface area contributed by atoms with Crippen LogP contribution in [0.25, 0.3) is 0 Å². The average molecular weight is 288 g/mol. The van der Waals surface area contributed by atoms with Gasteiger partial charge in [-0.3, -0.25) is 4.79 Å². The van der Waals surface area contributed by atoms with Gasteiger partial charge in [-0.05, 0) is 48.9 Å². The molecule has 3 unspecified atom stereocenters. The molecule has 1 heterocycles. The molecule has 1 aromatic rings. The zero-order valence-corrected chi connectivity index (χ0v) is 11.8. The number of fused-ring (bicyclic) bond motifs is 1. The predicted molar refractivity (Wildman–Crippen MR) is 77.9 cm³/mol. The lowest BCUT2D eigenvalue weighted by atomic mass is 9.93. The standard InChI is InChI=1S/C16H20N2O3/c19-15(14-13-6-2-5-12(13)9-17-14)18-8-10-3-1-4-11(7-10)16(20)21/h1,3-4,7,12-14,17H,2,5-6,8-9H2,(H,18,19)(H,20,21). The minimum atomic E-state index is -0.950. The molecule has 1 aliphatic heterocycles. The molecule has 5 heteroatoms. The maximum atomic E-state index is 12.3. The van der Waals surface area contributed by atoms with Gasteiger partial charge in [0.05, 0.1) is 11.6 Å². The molecule has 1 saturated carbocycles. The van der Waals surface area contributed by atoms with E-state index in [9.17, 15) is 9.59 Å². The number of nitrogens with one attached hydrogen (secondary N) is 2. The first kappa shape index (κ1) is 14.1. The summed E-state index contributed by atoms with van der Waals surface area (Å²) in [6, 6.07) is 6.59. The van der Waals surface area contributed by atoms with E-state index in [4.69, 9.17) is 5.11 Å². The highest BCUT2D eigenvalue weighted by Crippen LogP contribution is 2.37. The second kappa shape index (κ2) is 5.85. The maximum absolute atomic E-state index is 12.3. The third kappa shape index (κ3) is 2.93. The highest BCUT2D eigenvalue weighted by atomic mass is 16.4. The summed E-state index contributed by atoms with van der Waals surface area (Å²) in [5, 5.41) is 15.2. The molecule has 112 valence electrons. The first-order valence-electron chi connectivity index (χ1n) is 7.48. The normalized spacial score (nSPS) is 27.3. The van der Waals surface area contributed by atoms with E-state index in [2.05, 4.69) is 10.6 Å². The second-order valence-corrected chi connectivity index (χ2v) is 5.96. The van der Waals surface area contributed by atoms with Crippen molar-refractivity contribution in [2.24, 2.45) is 11.8 Å². The van der Waals surface area contributed by atoms with Crippen LogP contribution in [0.15, 0.2) is 24.3 Å². The Bertz CT molecular complexity index is 558. The molecule has 0 radical (unpaired) electrons. The Labute approximate surface area is 123 Å². The predicted octanol–water partition coefficient (Wildman–Crippen LogP) is 1.39. The maximum Gasteiger partial charge on any atom is 0.335 e. The lowest BCUT2D eigenvalue weighted by Crippen LogP contribution is -2.43. The van der Waals surface area contributed by atoms with Crippen LogP contribution in [0, 0.1) is 11.8 Å². The molecule has 1 aromatic carbocycles. The Kier molecular flexibility index (Phi) is 3.92. The van der Waals surface area contributed by atoms with Gasteiger partial charge in [-0.15, -0.1) is 0 Å². The van der Waals surface area contributed by atoms with Crippen LogP contribution >= 0.6 is 0 Å². The monoisotopic (exact) mass is 288 g/mol. The lowest BCUT2D eigenvalue weighted by molar-refractivity contribution is -0.123. The molecule has 2 fully saturated rings. The zero-order valence-electron chi connectivity index (χ0n) is 11.8. The number of hydrogen-bond acceptors (Lipinski definition) is 3. The van der Waals surface area contributed by atoms with E-state index in [1.165, 1.54) is 12.8 Å². The van der Waals surface area contributed by atoms with E-state index < -0.39 is 5.97 Å². The zero-order chi connectivity index (χ0) is 14.8. The van der Waals surface area contributed by atoms with Crippen LogP contribution in [0.2, 0.25) is 0 Å². The van der Waals surface area contributed by atoms with E-state index in [1.54, 1.807) is 18.2 Å². The summed E-state index contributed by atoms with van der Waals surface area (Å²) in [5.74, 6) is 0.200. The Morgan fingerprint density at radius 3 is 3.00 bits per heavy atom. The number of aromatic carboxylic acids is 1. The van der Waals surface area contributed by atoms with Crippen molar-refractivity contribution >= 4 is 11.9 Å². The fourth-order valence-corrected chi connectivity index (χ4v) is 3.59. The molecule has 21 heavy (non-hydrogen) atoms. The molecule has 1 saturated heterocycles. The van der Waals surface area contributed by atoms with Crippen LogP contribution in [0.3, 0.4) is 0 Å². The lowest BCUT2D eigenvalue weighted by Gasteiger charge is -2.17. The summed E-state index contributed by atoms with van der Waals surface area (Å²) in [7, 11) is 0. The minimum Gasteiger partial charge on any atom is -0.478 e. The van der Waals surface area contributed by atoms with E-state index in [0.29, 0.717) is 18.4 Å². The van der Waals surface area contributed by atoms with E-state index in [0.717, 1.165) is 18.5 Å². The van der Waals surface area contributed by atoms with Gasteiger partial charge in [0.2, 0.25) is 5.91 Å². The quantitative estimate of drug-likeness (QED) is 0.782. The van der Waals surface area contributed by atoms with Crippen molar-refractivity contribution in [2.45, 2.75) is 31.8 Å². The van der Waals surface area contributed by atoms with Crippen LogP contribution in [0.4, 0.5) is 0 Å². The van der Waals surface area contributed by atoms with Gasteiger partial charge < -0.3 is 15.7 Å². The van der Waals surface area contributed by atoms with Crippen molar-refractivity contribution in [1.82, 2.24) is 10.6 Å². The molecule has 3 rings (SSSR count). The minimum absolute atomic E-state index is 0.0325. The van der Waals surface area contributed by atoms with Crippen molar-refractivity contribution in [3.05, 3.63) is 35.4 Å². The van der Waals surface area contributed by atoms with Gasteiger partial charge in [0.15, 0.2) is 0 Å². The van der Waals surface area contributed by atoms with Gasteiger partial charge in [0.25, 0.3) is 0 Å². The number of carboxylic acid groups (broad SMARTS) is 1. The summed E-state index contributed by atoms with van der Waals surface area (Å²) in [6.45, 7) is 1.31. The fourth-order valence-electron chi connectivity index (χ4n) is 3.59. The third-order valence-corrected chi connectivity index (χ3v) is 4.67. The summed E-state index contributed by atoms with van der Waals surface area (Å²) in [4.78, 5) is 23.2. The number of rotatable bonds is 4. The van der Waals surface area contributed by atoms with Crippen LogP contribution in [0.5, 0.6) is 0 Å². The van der Waals surface area contributed by atoms with Crippen molar-refractivity contribution in [1.29, 1.82) is 0 Å². The van der Waals surface area contributed by atoms with Gasteiger partial charge in [-0.25, -0.2) is 4.79 Å². The Morgan fingerprint density at radius 2 is 2.19 bits per heavy atom. The van der Waals surface area contributed by atoms with E-state index in [1.807, 2.05) is 6.07 Å². The number of carbonyl (C=O) groups is 2. The Morgan fingerprint density at radius 1 is 1.33 bits per heavy atom. The van der Waals surface area contributed by atoms with Crippen LogP contribution in [-0.2, 0) is 11.3 Å². The highest BCUT2D eigenvalue weighted by molar-refractivity contribution is 5.87. The van der Waals surface area contributed by atoms with E-state index in [-0.39, 0.29) is 17.5 Å². The van der Waals surface area contributed by atoms with Crippen molar-refractivity contribution < 1.29 is 14.7 Å². The Hall–Kier alpha value is -1.88. The summed E-state index contributed by atoms with van der Waals surface area (Å²) >= 11 is 0. The molecule has 0 aromatic heterocycles. The number of hydrogen-bond donors (Lipinski definition) is 3. The molecular weight excluding hydrogens is 268 g/mol. The fraction of sp³-hybridized carbons (Fsp3) is 0.500. The van der Waals surface area contributed by atoms with Crippen LogP contribution in [-0.4, -0.2) is 29.6 Å². The topological polar surface area (TPSA) is 78.4 Å². The Balaban J connectivity index is 1.58. The third-order valence-electron chi connectivity index (χ3n) is 4.67. The smallest absolute Gasteiger partial charge is 0.335 e. The summed E-state index contributed by atoms with van der Waals surface area (Å²) < 4.78 is 0. The average Bonchev–Trinajstić information content (AvgIpc) is 3.07. The summed E-state index contributed by atoms with van der Waals surface area (Å²) in [6.07, 6.45) is 3.58. The molecule has 1 amide bonds. The van der Waals surface area contributed by atoms with Crippen molar-refractivity contribution in [3.8, 4) is 0 Å². The molecule has 0 spiro atoms. The molecule has 5 nitrogen and oxygen atoms in total. The first-order chi connectivity index (χ1) is 10.1. The first-order valence-corrected chi connectivity index (χ1v) is 7.48. The number of benzene rings is 1. The van der Waals surface area contributed by atoms with Crippen LogP contribution in [0.1, 0.15) is 35.2 Å². The number of amides is 1.